The standard InChI is InChI=1S/C14H19N3O/c15-17-16-9-3-6-14(18)13-8-7-11-4-1-2-5-12(11)10-13/h7-8,10,14,18H,1-6,9H2. The number of hydrogen-bond acceptors (Lipinski definition) is 2. The van der Waals surface area contributed by atoms with Crippen LogP contribution in [-0.2, 0) is 12.8 Å². The van der Waals surface area contributed by atoms with E-state index in [1.165, 1.54) is 30.4 Å². The fourth-order valence-corrected chi connectivity index (χ4v) is 2.53. The Labute approximate surface area is 107 Å². The van der Waals surface area contributed by atoms with Crippen LogP contribution in [0.15, 0.2) is 23.3 Å². The molecule has 0 bridgehead atoms. The van der Waals surface area contributed by atoms with Crippen LogP contribution in [0.4, 0.5) is 0 Å². The first-order chi connectivity index (χ1) is 8.81. The minimum absolute atomic E-state index is 0.439. The summed E-state index contributed by atoms with van der Waals surface area (Å²) in [6.45, 7) is 0.457. The molecule has 1 aromatic carbocycles. The number of aryl methyl sites for hydroxylation is 2. The molecule has 0 saturated carbocycles. The zero-order valence-corrected chi connectivity index (χ0v) is 10.5. The van der Waals surface area contributed by atoms with Crippen molar-refractivity contribution in [1.82, 2.24) is 0 Å². The van der Waals surface area contributed by atoms with Gasteiger partial charge in [-0.05, 0) is 60.7 Å². The molecule has 96 valence electrons. The third-order valence-electron chi connectivity index (χ3n) is 3.56. The molecular weight excluding hydrogens is 226 g/mol. The average Bonchev–Trinajstić information content (AvgIpc) is 2.43. The second kappa shape index (κ2) is 6.43. The fourth-order valence-electron chi connectivity index (χ4n) is 2.53. The largest absolute Gasteiger partial charge is 0.388 e. The molecule has 0 spiro atoms. The summed E-state index contributed by atoms with van der Waals surface area (Å²) >= 11 is 0. The maximum absolute atomic E-state index is 10.1. The lowest BCUT2D eigenvalue weighted by Gasteiger charge is -2.18. The van der Waals surface area contributed by atoms with Crippen molar-refractivity contribution in [3.05, 3.63) is 45.3 Å². The predicted molar refractivity (Wildman–Crippen MR) is 71.3 cm³/mol. The summed E-state index contributed by atoms with van der Waals surface area (Å²) in [6.07, 6.45) is 5.77. The Hall–Kier alpha value is -1.51. The summed E-state index contributed by atoms with van der Waals surface area (Å²) < 4.78 is 0. The van der Waals surface area contributed by atoms with Gasteiger partial charge in [-0.1, -0.05) is 23.3 Å². The SMILES string of the molecule is [N-]=[N+]=NCCCC(O)c1ccc2c(c1)CCCC2. The second-order valence-corrected chi connectivity index (χ2v) is 4.85. The van der Waals surface area contributed by atoms with Crippen molar-refractivity contribution < 1.29 is 5.11 Å². The third-order valence-corrected chi connectivity index (χ3v) is 3.56. The zero-order chi connectivity index (χ0) is 12.8. The molecule has 2 rings (SSSR count). The number of aliphatic hydroxyl groups is 1. The summed E-state index contributed by atoms with van der Waals surface area (Å²) in [5.41, 5.74) is 12.0. The lowest BCUT2D eigenvalue weighted by atomic mass is 9.89. The highest BCUT2D eigenvalue weighted by atomic mass is 16.3. The van der Waals surface area contributed by atoms with Crippen molar-refractivity contribution in [2.24, 2.45) is 5.11 Å². The minimum Gasteiger partial charge on any atom is -0.388 e. The van der Waals surface area contributed by atoms with Crippen molar-refractivity contribution in [2.75, 3.05) is 6.54 Å². The van der Waals surface area contributed by atoms with Crippen LogP contribution in [0.2, 0.25) is 0 Å². The van der Waals surface area contributed by atoms with Crippen LogP contribution in [-0.4, -0.2) is 11.7 Å². The first-order valence-electron chi connectivity index (χ1n) is 6.62. The van der Waals surface area contributed by atoms with E-state index >= 15 is 0 Å². The Morgan fingerprint density at radius 2 is 2.06 bits per heavy atom. The number of azide groups is 1. The molecule has 1 unspecified atom stereocenters. The van der Waals surface area contributed by atoms with Gasteiger partial charge in [0.1, 0.15) is 0 Å². The Morgan fingerprint density at radius 3 is 2.83 bits per heavy atom. The van der Waals surface area contributed by atoms with E-state index in [2.05, 4.69) is 22.2 Å². The van der Waals surface area contributed by atoms with E-state index in [-0.39, 0.29) is 0 Å². The molecule has 1 aromatic rings. The van der Waals surface area contributed by atoms with E-state index in [1.54, 1.807) is 0 Å². The van der Waals surface area contributed by atoms with E-state index in [0.29, 0.717) is 13.0 Å². The minimum atomic E-state index is -0.439. The molecule has 18 heavy (non-hydrogen) atoms. The molecule has 1 atom stereocenters. The quantitative estimate of drug-likeness (QED) is 0.365. The van der Waals surface area contributed by atoms with Gasteiger partial charge in [-0.3, -0.25) is 0 Å². The first kappa shape index (κ1) is 12.9. The monoisotopic (exact) mass is 245 g/mol. The van der Waals surface area contributed by atoms with E-state index in [0.717, 1.165) is 18.4 Å². The summed E-state index contributed by atoms with van der Waals surface area (Å²) in [5.74, 6) is 0. The van der Waals surface area contributed by atoms with Gasteiger partial charge in [-0.25, -0.2) is 0 Å². The molecule has 0 saturated heterocycles. The molecule has 0 aromatic heterocycles. The summed E-state index contributed by atoms with van der Waals surface area (Å²) in [5, 5.41) is 13.6. The molecule has 4 nitrogen and oxygen atoms in total. The van der Waals surface area contributed by atoms with Crippen molar-refractivity contribution in [3.63, 3.8) is 0 Å². The molecular formula is C14H19N3O. The van der Waals surface area contributed by atoms with Crippen LogP contribution in [0.1, 0.15) is 48.5 Å². The first-order valence-corrected chi connectivity index (χ1v) is 6.62. The molecule has 0 fully saturated rings. The van der Waals surface area contributed by atoms with Gasteiger partial charge in [0.15, 0.2) is 0 Å². The number of fused-ring (bicyclic) bond motifs is 1. The zero-order valence-electron chi connectivity index (χ0n) is 10.5. The van der Waals surface area contributed by atoms with Crippen LogP contribution in [0.5, 0.6) is 0 Å². The summed E-state index contributed by atoms with van der Waals surface area (Å²) in [7, 11) is 0. The van der Waals surface area contributed by atoms with E-state index in [4.69, 9.17) is 5.53 Å². The van der Waals surface area contributed by atoms with Gasteiger partial charge in [-0.15, -0.1) is 0 Å². The molecule has 0 aliphatic heterocycles. The van der Waals surface area contributed by atoms with Gasteiger partial charge in [0.05, 0.1) is 6.10 Å². The van der Waals surface area contributed by atoms with E-state index in [9.17, 15) is 5.11 Å². The van der Waals surface area contributed by atoms with Gasteiger partial charge in [0, 0.05) is 11.5 Å². The maximum atomic E-state index is 10.1. The van der Waals surface area contributed by atoms with Crippen LogP contribution >= 0.6 is 0 Å². The lowest BCUT2D eigenvalue weighted by Crippen LogP contribution is -2.05. The predicted octanol–water partition coefficient (Wildman–Crippen LogP) is 3.69. The third kappa shape index (κ3) is 3.25. The van der Waals surface area contributed by atoms with Gasteiger partial charge < -0.3 is 5.11 Å². The highest BCUT2D eigenvalue weighted by Gasteiger charge is 2.13. The number of aliphatic hydroxyl groups excluding tert-OH is 1. The Kier molecular flexibility index (Phi) is 4.62. The van der Waals surface area contributed by atoms with Crippen molar-refractivity contribution in [2.45, 2.75) is 44.6 Å². The Morgan fingerprint density at radius 1 is 1.28 bits per heavy atom. The Bertz CT molecular complexity index is 452. The van der Waals surface area contributed by atoms with Crippen LogP contribution in [0.3, 0.4) is 0 Å². The second-order valence-electron chi connectivity index (χ2n) is 4.85. The highest BCUT2D eigenvalue weighted by molar-refractivity contribution is 5.34. The molecule has 0 radical (unpaired) electrons. The highest BCUT2D eigenvalue weighted by Crippen LogP contribution is 2.26. The average molecular weight is 245 g/mol. The van der Waals surface area contributed by atoms with E-state index < -0.39 is 6.10 Å². The summed E-state index contributed by atoms with van der Waals surface area (Å²) in [4.78, 5) is 2.71. The van der Waals surface area contributed by atoms with Crippen molar-refractivity contribution in [1.29, 1.82) is 0 Å². The molecule has 1 aliphatic rings. The lowest BCUT2D eigenvalue weighted by molar-refractivity contribution is 0.165. The Balaban J connectivity index is 1.97. The normalized spacial score (nSPS) is 15.6. The molecule has 0 heterocycles. The van der Waals surface area contributed by atoms with Gasteiger partial charge in [0.25, 0.3) is 0 Å². The van der Waals surface area contributed by atoms with Gasteiger partial charge >= 0.3 is 0 Å². The number of nitrogens with zero attached hydrogens (tertiary/aromatic N) is 3. The van der Waals surface area contributed by atoms with Crippen LogP contribution in [0.25, 0.3) is 10.4 Å². The van der Waals surface area contributed by atoms with Crippen LogP contribution in [0, 0.1) is 0 Å². The molecule has 4 heteroatoms. The van der Waals surface area contributed by atoms with Gasteiger partial charge in [-0.2, -0.15) is 0 Å². The smallest absolute Gasteiger partial charge is 0.0790 e. The number of rotatable bonds is 5. The topological polar surface area (TPSA) is 69.0 Å². The van der Waals surface area contributed by atoms with Crippen LogP contribution < -0.4 is 0 Å². The van der Waals surface area contributed by atoms with E-state index in [1.807, 2.05) is 6.07 Å². The van der Waals surface area contributed by atoms with Gasteiger partial charge in [0.2, 0.25) is 0 Å². The van der Waals surface area contributed by atoms with Crippen molar-refractivity contribution >= 4 is 0 Å². The maximum Gasteiger partial charge on any atom is 0.0790 e. The molecule has 0 amide bonds. The molecule has 1 N–H and O–H groups in total. The summed E-state index contributed by atoms with van der Waals surface area (Å²) in [6, 6.07) is 6.33. The number of benzene rings is 1. The molecule has 1 aliphatic carbocycles. The number of hydrogen-bond donors (Lipinski definition) is 1. The fraction of sp³-hybridized carbons (Fsp3) is 0.571. The van der Waals surface area contributed by atoms with Crippen molar-refractivity contribution in [3.8, 4) is 0 Å².